The molecule has 2 aromatic carbocycles. The number of carbonyl (C=O) groups is 1. The van der Waals surface area contributed by atoms with Crippen LogP contribution >= 0.6 is 0 Å². The summed E-state index contributed by atoms with van der Waals surface area (Å²) in [5, 5.41) is 21.4. The molecule has 0 aliphatic carbocycles. The molecule has 0 saturated heterocycles. The summed E-state index contributed by atoms with van der Waals surface area (Å²) in [5.74, 6) is -0.649. The summed E-state index contributed by atoms with van der Waals surface area (Å²) in [7, 11) is 0. The molecule has 23 heavy (non-hydrogen) atoms. The Morgan fingerprint density at radius 1 is 1.09 bits per heavy atom. The van der Waals surface area contributed by atoms with Crippen LogP contribution in [0.3, 0.4) is 0 Å². The highest BCUT2D eigenvalue weighted by Crippen LogP contribution is 2.25. The summed E-state index contributed by atoms with van der Waals surface area (Å²) in [6.45, 7) is 2.16. The highest BCUT2D eigenvalue weighted by Gasteiger charge is 2.01. The Labute approximate surface area is 136 Å². The summed E-state index contributed by atoms with van der Waals surface area (Å²) >= 11 is 0. The van der Waals surface area contributed by atoms with Gasteiger partial charge < -0.3 is 15.5 Å². The monoisotopic (exact) mass is 311 g/mol. The van der Waals surface area contributed by atoms with E-state index in [1.807, 2.05) is 24.3 Å². The molecule has 0 radical (unpaired) electrons. The van der Waals surface area contributed by atoms with Crippen molar-refractivity contribution in [2.45, 2.75) is 26.2 Å². The Morgan fingerprint density at radius 3 is 2.48 bits per heavy atom. The third-order valence-electron chi connectivity index (χ3n) is 3.47. The van der Waals surface area contributed by atoms with Crippen LogP contribution in [0.2, 0.25) is 0 Å². The standard InChI is InChI=1S/C19H21NO3/c1-2-3-4-14-5-9-16(10-6-14)20-19(23)12-8-15-7-11-17(21)18(22)13-15/h5-13,21-22H,2-4H2,1H3,(H,20,23). The molecule has 0 fully saturated rings. The smallest absolute Gasteiger partial charge is 0.248 e. The molecule has 0 saturated carbocycles. The fourth-order valence-corrected chi connectivity index (χ4v) is 2.14. The van der Waals surface area contributed by atoms with E-state index in [9.17, 15) is 15.0 Å². The maximum absolute atomic E-state index is 11.9. The second-order valence-electron chi connectivity index (χ2n) is 5.37. The van der Waals surface area contributed by atoms with E-state index in [1.165, 1.54) is 23.8 Å². The van der Waals surface area contributed by atoms with E-state index in [1.54, 1.807) is 12.1 Å². The van der Waals surface area contributed by atoms with Gasteiger partial charge >= 0.3 is 0 Å². The first-order valence-corrected chi connectivity index (χ1v) is 7.68. The van der Waals surface area contributed by atoms with Crippen LogP contribution in [0.4, 0.5) is 5.69 Å². The summed E-state index contributed by atoms with van der Waals surface area (Å²) in [6.07, 6.45) is 6.33. The topological polar surface area (TPSA) is 69.6 Å². The number of anilines is 1. The number of hydrogen-bond acceptors (Lipinski definition) is 3. The second-order valence-corrected chi connectivity index (χ2v) is 5.37. The number of carbonyl (C=O) groups excluding carboxylic acids is 1. The number of benzene rings is 2. The SMILES string of the molecule is CCCCc1ccc(NC(=O)C=Cc2ccc(O)c(O)c2)cc1. The summed E-state index contributed by atoms with van der Waals surface area (Å²) in [6, 6.07) is 12.2. The van der Waals surface area contributed by atoms with Gasteiger partial charge in [0.05, 0.1) is 0 Å². The lowest BCUT2D eigenvalue weighted by Crippen LogP contribution is -2.07. The van der Waals surface area contributed by atoms with Crippen molar-refractivity contribution in [1.29, 1.82) is 0 Å². The minimum atomic E-state index is -0.251. The minimum absolute atomic E-state index is 0.185. The number of aromatic hydroxyl groups is 2. The van der Waals surface area contributed by atoms with E-state index in [0.29, 0.717) is 5.56 Å². The number of phenols is 2. The van der Waals surface area contributed by atoms with Gasteiger partial charge in [-0.3, -0.25) is 4.79 Å². The van der Waals surface area contributed by atoms with Crippen LogP contribution in [0.5, 0.6) is 11.5 Å². The van der Waals surface area contributed by atoms with Crippen molar-refractivity contribution in [3.8, 4) is 11.5 Å². The van der Waals surface area contributed by atoms with Crippen molar-refractivity contribution >= 4 is 17.7 Å². The van der Waals surface area contributed by atoms with Gasteiger partial charge in [0.1, 0.15) is 0 Å². The van der Waals surface area contributed by atoms with E-state index in [4.69, 9.17) is 0 Å². The normalized spacial score (nSPS) is 10.8. The quantitative estimate of drug-likeness (QED) is 0.556. The molecule has 0 bridgehead atoms. The van der Waals surface area contributed by atoms with Crippen molar-refractivity contribution in [3.05, 3.63) is 59.7 Å². The van der Waals surface area contributed by atoms with Crippen molar-refractivity contribution in [2.75, 3.05) is 5.32 Å². The van der Waals surface area contributed by atoms with Crippen molar-refractivity contribution < 1.29 is 15.0 Å². The number of amides is 1. The highest BCUT2D eigenvalue weighted by atomic mass is 16.3. The number of nitrogens with one attached hydrogen (secondary N) is 1. The van der Waals surface area contributed by atoms with Gasteiger partial charge in [0, 0.05) is 11.8 Å². The maximum atomic E-state index is 11.9. The zero-order chi connectivity index (χ0) is 16.7. The first-order valence-electron chi connectivity index (χ1n) is 7.68. The minimum Gasteiger partial charge on any atom is -0.504 e. The lowest BCUT2D eigenvalue weighted by Gasteiger charge is -2.04. The van der Waals surface area contributed by atoms with E-state index < -0.39 is 0 Å². The van der Waals surface area contributed by atoms with E-state index >= 15 is 0 Å². The summed E-state index contributed by atoms with van der Waals surface area (Å²) in [5.41, 5.74) is 2.64. The summed E-state index contributed by atoms with van der Waals surface area (Å²) < 4.78 is 0. The van der Waals surface area contributed by atoms with E-state index in [-0.39, 0.29) is 17.4 Å². The molecule has 120 valence electrons. The lowest BCUT2D eigenvalue weighted by atomic mass is 10.1. The van der Waals surface area contributed by atoms with Crippen molar-refractivity contribution in [3.63, 3.8) is 0 Å². The molecular weight excluding hydrogens is 290 g/mol. The Bertz CT molecular complexity index is 690. The van der Waals surface area contributed by atoms with Gasteiger partial charge in [0.2, 0.25) is 5.91 Å². The molecule has 0 spiro atoms. The third-order valence-corrected chi connectivity index (χ3v) is 3.47. The largest absolute Gasteiger partial charge is 0.504 e. The second kappa shape index (κ2) is 8.03. The van der Waals surface area contributed by atoms with Crippen LogP contribution in [0.15, 0.2) is 48.5 Å². The van der Waals surface area contributed by atoms with Gasteiger partial charge in [-0.1, -0.05) is 31.5 Å². The predicted molar refractivity (Wildman–Crippen MR) is 92.5 cm³/mol. The van der Waals surface area contributed by atoms with Gasteiger partial charge in [-0.25, -0.2) is 0 Å². The zero-order valence-electron chi connectivity index (χ0n) is 13.1. The number of rotatable bonds is 6. The van der Waals surface area contributed by atoms with Gasteiger partial charge in [0.25, 0.3) is 0 Å². The molecule has 4 heteroatoms. The number of phenolic OH excluding ortho intramolecular Hbond substituents is 2. The fourth-order valence-electron chi connectivity index (χ4n) is 2.14. The molecule has 1 amide bonds. The maximum Gasteiger partial charge on any atom is 0.248 e. The molecule has 0 aromatic heterocycles. The fraction of sp³-hybridized carbons (Fsp3) is 0.211. The molecule has 0 heterocycles. The van der Waals surface area contributed by atoms with Crippen LogP contribution in [0.25, 0.3) is 6.08 Å². The molecule has 2 rings (SSSR count). The van der Waals surface area contributed by atoms with Crippen LogP contribution in [-0.4, -0.2) is 16.1 Å². The molecule has 0 unspecified atom stereocenters. The number of unbranched alkanes of at least 4 members (excludes halogenated alkanes) is 1. The Kier molecular flexibility index (Phi) is 5.80. The molecule has 2 aromatic rings. The van der Waals surface area contributed by atoms with Crippen LogP contribution in [0.1, 0.15) is 30.9 Å². The first-order chi connectivity index (χ1) is 11.1. The Hall–Kier alpha value is -2.75. The van der Waals surface area contributed by atoms with Gasteiger partial charge in [-0.05, 0) is 54.3 Å². The first kappa shape index (κ1) is 16.6. The van der Waals surface area contributed by atoms with Crippen LogP contribution in [0, 0.1) is 0 Å². The average Bonchev–Trinajstić information content (AvgIpc) is 2.55. The zero-order valence-corrected chi connectivity index (χ0v) is 13.1. The summed E-state index contributed by atoms with van der Waals surface area (Å²) in [4.78, 5) is 11.9. The Balaban J connectivity index is 1.93. The predicted octanol–water partition coefficient (Wildman–Crippen LogP) is 4.09. The molecule has 0 aliphatic rings. The van der Waals surface area contributed by atoms with Gasteiger partial charge in [0.15, 0.2) is 11.5 Å². The third kappa shape index (κ3) is 5.18. The Morgan fingerprint density at radius 2 is 1.83 bits per heavy atom. The molecular formula is C19H21NO3. The van der Waals surface area contributed by atoms with Gasteiger partial charge in [-0.15, -0.1) is 0 Å². The lowest BCUT2D eigenvalue weighted by molar-refractivity contribution is -0.111. The van der Waals surface area contributed by atoms with Crippen LogP contribution in [-0.2, 0) is 11.2 Å². The van der Waals surface area contributed by atoms with Crippen molar-refractivity contribution in [1.82, 2.24) is 0 Å². The molecule has 4 nitrogen and oxygen atoms in total. The molecule has 0 atom stereocenters. The van der Waals surface area contributed by atoms with Gasteiger partial charge in [-0.2, -0.15) is 0 Å². The highest BCUT2D eigenvalue weighted by molar-refractivity contribution is 6.01. The van der Waals surface area contributed by atoms with Crippen LogP contribution < -0.4 is 5.32 Å². The number of hydrogen-bond donors (Lipinski definition) is 3. The molecule has 0 aliphatic heterocycles. The van der Waals surface area contributed by atoms with E-state index in [0.717, 1.165) is 24.9 Å². The number of aryl methyl sites for hydroxylation is 1. The van der Waals surface area contributed by atoms with E-state index in [2.05, 4.69) is 12.2 Å². The average molecular weight is 311 g/mol. The molecule has 3 N–H and O–H groups in total. The van der Waals surface area contributed by atoms with Crippen molar-refractivity contribution in [2.24, 2.45) is 0 Å².